The summed E-state index contributed by atoms with van der Waals surface area (Å²) in [7, 11) is 0. The van der Waals surface area contributed by atoms with Crippen molar-refractivity contribution in [2.75, 3.05) is 9.80 Å². The monoisotopic (exact) mass is 602 g/mol. The molecule has 2 saturated heterocycles. The van der Waals surface area contributed by atoms with Crippen molar-refractivity contribution in [3.63, 3.8) is 0 Å². The lowest BCUT2D eigenvalue weighted by Gasteiger charge is -2.49. The second-order valence-corrected chi connectivity index (χ2v) is 12.2. The smallest absolute Gasteiger partial charge is 0.241 e. The van der Waals surface area contributed by atoms with Crippen LogP contribution in [0.3, 0.4) is 0 Å². The number of carbonyl (C=O) groups is 4. The molecule has 1 N–H and O–H groups in total. The van der Waals surface area contributed by atoms with Crippen LogP contribution in [-0.4, -0.2) is 28.7 Å². The first kappa shape index (κ1) is 27.5. The van der Waals surface area contributed by atoms with Gasteiger partial charge >= 0.3 is 0 Å². The van der Waals surface area contributed by atoms with Crippen molar-refractivity contribution in [3.8, 4) is 5.75 Å². The molecule has 0 spiro atoms. The fourth-order valence-corrected chi connectivity index (χ4v) is 8.00. The van der Waals surface area contributed by atoms with Gasteiger partial charge in [-0.1, -0.05) is 53.6 Å². The number of imide groups is 2. The van der Waals surface area contributed by atoms with Crippen LogP contribution in [0.2, 0.25) is 5.02 Å². The van der Waals surface area contributed by atoms with E-state index in [-0.39, 0.29) is 35.0 Å². The van der Waals surface area contributed by atoms with Gasteiger partial charge in [-0.05, 0) is 62.1 Å². The van der Waals surface area contributed by atoms with Crippen molar-refractivity contribution in [3.05, 3.63) is 101 Å². The molecule has 4 aliphatic rings. The molecule has 7 rings (SSSR count). The Morgan fingerprint density at radius 1 is 0.837 bits per heavy atom. The van der Waals surface area contributed by atoms with Crippen LogP contribution >= 0.6 is 11.6 Å². The van der Waals surface area contributed by atoms with Gasteiger partial charge in [0.15, 0.2) is 11.6 Å². The van der Waals surface area contributed by atoms with E-state index in [4.69, 9.17) is 11.6 Å². The Hall–Kier alpha value is -4.37. The summed E-state index contributed by atoms with van der Waals surface area (Å²) < 4.78 is 28.8. The third kappa shape index (κ3) is 3.70. The van der Waals surface area contributed by atoms with Gasteiger partial charge in [-0.25, -0.2) is 13.7 Å². The van der Waals surface area contributed by atoms with Crippen molar-refractivity contribution in [2.24, 2.45) is 29.1 Å². The highest BCUT2D eigenvalue weighted by molar-refractivity contribution is 6.32. The number of benzene rings is 3. The van der Waals surface area contributed by atoms with E-state index in [9.17, 15) is 33.1 Å². The molecule has 10 heteroatoms. The van der Waals surface area contributed by atoms with Crippen LogP contribution in [0, 0.1) is 40.7 Å². The lowest BCUT2D eigenvalue weighted by Crippen LogP contribution is -2.49. The molecule has 2 heterocycles. The van der Waals surface area contributed by atoms with Gasteiger partial charge in [-0.3, -0.25) is 24.1 Å². The highest BCUT2D eigenvalue weighted by Crippen LogP contribution is 2.64. The standard InChI is InChI=1S/C33H25ClF2N2O5/c1-33-22(30(41)38(32(33)43)17-10-13-24(35)23(34)14-17)15-21-18(27(33)20-8-5-9-25(36)28(20)39)11-12-19-26(21)31(42)37(29(19)40)16-6-3-2-4-7-16/h2-11,13-14,19,21-22,26-27,39H,12,15H2,1H3. The zero-order valence-corrected chi connectivity index (χ0v) is 23.6. The third-order valence-electron chi connectivity index (χ3n) is 9.78. The van der Waals surface area contributed by atoms with Crippen LogP contribution in [0.25, 0.3) is 0 Å². The fourth-order valence-electron chi connectivity index (χ4n) is 7.83. The Morgan fingerprint density at radius 3 is 2.30 bits per heavy atom. The molecule has 2 aliphatic heterocycles. The van der Waals surface area contributed by atoms with E-state index >= 15 is 0 Å². The molecule has 3 aromatic rings. The van der Waals surface area contributed by atoms with Gasteiger partial charge < -0.3 is 5.11 Å². The first-order valence-electron chi connectivity index (χ1n) is 14.0. The van der Waals surface area contributed by atoms with Crippen LogP contribution < -0.4 is 9.80 Å². The molecule has 4 amide bonds. The Labute approximate surface area is 250 Å². The number of carbonyl (C=O) groups excluding carboxylic acids is 4. The Morgan fingerprint density at radius 2 is 1.58 bits per heavy atom. The minimum absolute atomic E-state index is 0.0771. The van der Waals surface area contributed by atoms with Crippen molar-refractivity contribution < 1.29 is 33.1 Å². The van der Waals surface area contributed by atoms with E-state index in [0.717, 1.165) is 17.0 Å². The summed E-state index contributed by atoms with van der Waals surface area (Å²) in [5.41, 5.74) is -0.254. The number of para-hydroxylation sites is 2. The maximum absolute atomic E-state index is 14.8. The summed E-state index contributed by atoms with van der Waals surface area (Å²) in [6.45, 7) is 1.61. The molecular weight excluding hydrogens is 578 g/mol. The molecule has 0 aromatic heterocycles. The second kappa shape index (κ2) is 9.57. The Bertz CT molecular complexity index is 1780. The summed E-state index contributed by atoms with van der Waals surface area (Å²) in [5.74, 6) is -8.30. The van der Waals surface area contributed by atoms with E-state index in [1.807, 2.05) is 6.08 Å². The van der Waals surface area contributed by atoms with E-state index < -0.39 is 70.1 Å². The van der Waals surface area contributed by atoms with E-state index in [2.05, 4.69) is 0 Å². The topological polar surface area (TPSA) is 95.0 Å². The number of phenolic OH excluding ortho intramolecular Hbond substituents is 1. The Kier molecular flexibility index (Phi) is 6.11. The molecular formula is C33H25ClF2N2O5. The quantitative estimate of drug-likeness (QED) is 0.304. The number of halogens is 3. The van der Waals surface area contributed by atoms with Crippen molar-refractivity contribution in [1.82, 2.24) is 0 Å². The largest absolute Gasteiger partial charge is 0.505 e. The zero-order chi connectivity index (χ0) is 30.4. The number of rotatable bonds is 3. The molecule has 2 aliphatic carbocycles. The number of nitrogens with zero attached hydrogens (tertiary/aromatic N) is 2. The molecule has 3 aromatic carbocycles. The molecule has 43 heavy (non-hydrogen) atoms. The van der Waals surface area contributed by atoms with Crippen molar-refractivity contribution in [2.45, 2.75) is 25.7 Å². The number of hydrogen-bond donors (Lipinski definition) is 1. The maximum Gasteiger partial charge on any atom is 0.241 e. The number of phenols is 1. The van der Waals surface area contributed by atoms with Gasteiger partial charge in [-0.2, -0.15) is 0 Å². The molecule has 0 bridgehead atoms. The highest BCUT2D eigenvalue weighted by Gasteiger charge is 2.68. The summed E-state index contributed by atoms with van der Waals surface area (Å²) in [4.78, 5) is 58.2. The zero-order valence-electron chi connectivity index (χ0n) is 22.8. The van der Waals surface area contributed by atoms with E-state index in [1.54, 1.807) is 37.3 Å². The van der Waals surface area contributed by atoms with Crippen LogP contribution in [0.1, 0.15) is 31.2 Å². The average Bonchev–Trinajstić information content (AvgIpc) is 3.36. The van der Waals surface area contributed by atoms with Gasteiger partial charge in [-0.15, -0.1) is 0 Å². The third-order valence-corrected chi connectivity index (χ3v) is 10.1. The first-order valence-corrected chi connectivity index (χ1v) is 14.4. The summed E-state index contributed by atoms with van der Waals surface area (Å²) in [6.07, 6.45) is 2.10. The van der Waals surface area contributed by atoms with Crippen LogP contribution in [0.4, 0.5) is 20.2 Å². The van der Waals surface area contributed by atoms with Crippen LogP contribution in [0.15, 0.2) is 78.4 Å². The van der Waals surface area contributed by atoms with Gasteiger partial charge in [0.2, 0.25) is 23.6 Å². The maximum atomic E-state index is 14.8. The molecule has 3 fully saturated rings. The second-order valence-electron chi connectivity index (χ2n) is 11.8. The molecule has 0 radical (unpaired) electrons. The van der Waals surface area contributed by atoms with Crippen LogP contribution in [-0.2, 0) is 19.2 Å². The van der Waals surface area contributed by atoms with Crippen molar-refractivity contribution >= 4 is 46.6 Å². The average molecular weight is 603 g/mol. The number of amides is 4. The minimum Gasteiger partial charge on any atom is -0.505 e. The summed E-state index contributed by atoms with van der Waals surface area (Å²) >= 11 is 6.01. The molecule has 1 saturated carbocycles. The van der Waals surface area contributed by atoms with Gasteiger partial charge in [0.1, 0.15) is 5.82 Å². The Balaban J connectivity index is 1.39. The molecule has 7 nitrogen and oxygen atoms in total. The summed E-state index contributed by atoms with van der Waals surface area (Å²) in [6, 6.07) is 16.2. The molecule has 6 unspecified atom stereocenters. The SMILES string of the molecule is CC12C(=O)N(c3ccc(F)c(Cl)c3)C(=O)C1CC1C(=CCC3C(=O)N(c4ccccc4)C(=O)C31)C2c1cccc(F)c1O. The van der Waals surface area contributed by atoms with Crippen molar-refractivity contribution in [1.29, 1.82) is 0 Å². The molecule has 218 valence electrons. The predicted octanol–water partition coefficient (Wildman–Crippen LogP) is 5.76. The molecule has 6 atom stereocenters. The van der Waals surface area contributed by atoms with Gasteiger partial charge in [0.25, 0.3) is 0 Å². The van der Waals surface area contributed by atoms with E-state index in [1.165, 1.54) is 29.2 Å². The lowest BCUT2D eigenvalue weighted by atomic mass is 9.51. The summed E-state index contributed by atoms with van der Waals surface area (Å²) in [5, 5.41) is 10.7. The minimum atomic E-state index is -1.50. The normalized spacial score (nSPS) is 29.9. The number of allylic oxidation sites excluding steroid dienone is 2. The number of aromatic hydroxyl groups is 1. The predicted molar refractivity (Wildman–Crippen MR) is 153 cm³/mol. The number of anilines is 2. The van der Waals surface area contributed by atoms with E-state index in [0.29, 0.717) is 11.3 Å². The lowest BCUT2D eigenvalue weighted by molar-refractivity contribution is -0.131. The first-order chi connectivity index (χ1) is 20.6. The van der Waals surface area contributed by atoms with Crippen LogP contribution in [0.5, 0.6) is 5.75 Å². The van der Waals surface area contributed by atoms with Gasteiger partial charge in [0.05, 0.1) is 39.6 Å². The number of hydrogen-bond acceptors (Lipinski definition) is 5. The number of fused-ring (bicyclic) bond motifs is 4. The van der Waals surface area contributed by atoms with Gasteiger partial charge in [0, 0.05) is 11.5 Å². The fraction of sp³-hybridized carbons (Fsp3) is 0.273. The highest BCUT2D eigenvalue weighted by atomic mass is 35.5.